The first-order valence-corrected chi connectivity index (χ1v) is 7.42. The van der Waals surface area contributed by atoms with E-state index in [-0.39, 0.29) is 5.66 Å². The molecule has 0 unspecified atom stereocenters. The number of aromatic nitrogens is 3. The van der Waals surface area contributed by atoms with E-state index in [9.17, 15) is 0 Å². The third-order valence-electron chi connectivity index (χ3n) is 4.26. The van der Waals surface area contributed by atoms with Gasteiger partial charge in [-0.15, -0.1) is 5.10 Å². The fraction of sp³-hybridized carbons (Fsp3) is 0.400. The number of nitrogens with one attached hydrogen (secondary N) is 1. The quantitative estimate of drug-likeness (QED) is 0.841. The van der Waals surface area contributed by atoms with Crippen molar-refractivity contribution in [1.82, 2.24) is 14.8 Å². The van der Waals surface area contributed by atoms with Crippen LogP contribution in [0.25, 0.3) is 11.4 Å². The van der Waals surface area contributed by atoms with Crippen LogP contribution in [0.4, 0.5) is 5.95 Å². The zero-order valence-corrected chi connectivity index (χ0v) is 11.8. The molecule has 1 spiro atoms. The lowest BCUT2D eigenvalue weighted by Gasteiger charge is -2.37. The molecule has 1 aromatic heterocycles. The van der Waals surface area contributed by atoms with Gasteiger partial charge in [-0.1, -0.05) is 36.8 Å². The summed E-state index contributed by atoms with van der Waals surface area (Å²) >= 11 is 0. The lowest BCUT2D eigenvalue weighted by molar-refractivity contribution is 0.184. The number of hydrogen-bond donors (Lipinski definition) is 2. The molecule has 2 aliphatic rings. The minimum Gasteiger partial charge on any atom is -0.370 e. The van der Waals surface area contributed by atoms with Crippen LogP contribution in [0.3, 0.4) is 0 Å². The standard InChI is InChI=1S/C15H18N6/c16-13-18-14-17-12(11-7-3-1-4-8-11)20-21(14)15(19-13)9-5-2-6-10-15/h1,3-4,7-8H,2,5-6,9-10H2,(H3,16,17,18,19,20). The smallest absolute Gasteiger partial charge is 0.230 e. The molecule has 6 heteroatoms. The Morgan fingerprint density at radius 3 is 2.62 bits per heavy atom. The number of fused-ring (bicyclic) bond motifs is 2. The SMILES string of the molecule is NC1=NC2(CCCCC2)n2nc(-c3ccccc3)nc2N1. The van der Waals surface area contributed by atoms with Gasteiger partial charge >= 0.3 is 0 Å². The van der Waals surface area contributed by atoms with E-state index in [0.717, 1.165) is 31.2 Å². The van der Waals surface area contributed by atoms with Crippen molar-refractivity contribution < 1.29 is 0 Å². The maximum atomic E-state index is 5.96. The first-order chi connectivity index (χ1) is 10.3. The lowest BCUT2D eigenvalue weighted by atomic mass is 9.89. The second-order valence-corrected chi connectivity index (χ2v) is 5.70. The van der Waals surface area contributed by atoms with E-state index in [4.69, 9.17) is 10.8 Å². The van der Waals surface area contributed by atoms with Crippen LogP contribution in [0.5, 0.6) is 0 Å². The summed E-state index contributed by atoms with van der Waals surface area (Å²) in [5.41, 5.74) is 6.62. The molecule has 3 N–H and O–H groups in total. The number of nitrogens with zero attached hydrogens (tertiary/aromatic N) is 4. The Morgan fingerprint density at radius 1 is 1.10 bits per heavy atom. The predicted octanol–water partition coefficient (Wildman–Crippen LogP) is 2.30. The fourth-order valence-corrected chi connectivity index (χ4v) is 3.25. The van der Waals surface area contributed by atoms with E-state index in [1.807, 2.05) is 35.0 Å². The number of guanidine groups is 1. The molecule has 4 rings (SSSR count). The van der Waals surface area contributed by atoms with Crippen molar-refractivity contribution in [2.24, 2.45) is 10.7 Å². The monoisotopic (exact) mass is 282 g/mol. The minimum absolute atomic E-state index is 0.344. The first kappa shape index (κ1) is 12.4. The predicted molar refractivity (Wildman–Crippen MR) is 81.8 cm³/mol. The Hall–Kier alpha value is -2.37. The van der Waals surface area contributed by atoms with E-state index >= 15 is 0 Å². The van der Waals surface area contributed by atoms with E-state index in [0.29, 0.717) is 17.7 Å². The van der Waals surface area contributed by atoms with Gasteiger partial charge in [-0.2, -0.15) is 4.98 Å². The molecular formula is C15H18N6. The van der Waals surface area contributed by atoms with E-state index in [2.05, 4.69) is 15.3 Å². The van der Waals surface area contributed by atoms with Gasteiger partial charge < -0.3 is 5.73 Å². The Balaban J connectivity index is 1.81. The molecule has 2 aromatic rings. The molecule has 1 aromatic carbocycles. The Morgan fingerprint density at radius 2 is 1.86 bits per heavy atom. The van der Waals surface area contributed by atoms with Crippen LogP contribution >= 0.6 is 0 Å². The Labute approximate surface area is 123 Å². The normalized spacial score (nSPS) is 19.7. The van der Waals surface area contributed by atoms with Gasteiger partial charge in [0, 0.05) is 5.56 Å². The Bertz CT molecular complexity index is 681. The second-order valence-electron chi connectivity index (χ2n) is 5.70. The van der Waals surface area contributed by atoms with Crippen molar-refractivity contribution in [2.75, 3.05) is 5.32 Å². The molecule has 0 saturated heterocycles. The average molecular weight is 282 g/mol. The molecule has 6 nitrogen and oxygen atoms in total. The van der Waals surface area contributed by atoms with Crippen LogP contribution in [0.2, 0.25) is 0 Å². The highest BCUT2D eigenvalue weighted by atomic mass is 15.5. The van der Waals surface area contributed by atoms with Crippen LogP contribution in [0.15, 0.2) is 35.3 Å². The van der Waals surface area contributed by atoms with E-state index in [1.165, 1.54) is 6.42 Å². The minimum atomic E-state index is -0.344. The zero-order valence-electron chi connectivity index (χ0n) is 11.8. The van der Waals surface area contributed by atoms with Gasteiger partial charge in [0.2, 0.25) is 5.95 Å². The summed E-state index contributed by atoms with van der Waals surface area (Å²) in [6.45, 7) is 0. The highest BCUT2D eigenvalue weighted by molar-refractivity contribution is 5.92. The van der Waals surface area contributed by atoms with Crippen LogP contribution in [-0.4, -0.2) is 20.7 Å². The number of anilines is 1. The van der Waals surface area contributed by atoms with Gasteiger partial charge in [0.25, 0.3) is 0 Å². The summed E-state index contributed by atoms with van der Waals surface area (Å²) in [6.07, 6.45) is 5.49. The number of benzene rings is 1. The lowest BCUT2D eigenvalue weighted by Crippen LogP contribution is -2.44. The van der Waals surface area contributed by atoms with Gasteiger partial charge in [-0.25, -0.2) is 9.67 Å². The Kier molecular flexibility index (Phi) is 2.70. The molecule has 0 atom stereocenters. The summed E-state index contributed by atoms with van der Waals surface area (Å²) in [5.74, 6) is 1.85. The fourth-order valence-electron chi connectivity index (χ4n) is 3.25. The summed E-state index contributed by atoms with van der Waals surface area (Å²) in [5, 5.41) is 7.75. The molecule has 1 saturated carbocycles. The molecule has 1 aliphatic heterocycles. The zero-order chi connectivity index (χ0) is 14.3. The molecular weight excluding hydrogens is 264 g/mol. The molecule has 1 aliphatic carbocycles. The van der Waals surface area contributed by atoms with Gasteiger partial charge in [0.05, 0.1) is 0 Å². The highest BCUT2D eigenvalue weighted by Gasteiger charge is 2.40. The van der Waals surface area contributed by atoms with E-state index < -0.39 is 0 Å². The largest absolute Gasteiger partial charge is 0.370 e. The van der Waals surface area contributed by atoms with Gasteiger partial charge in [-0.05, 0) is 25.7 Å². The highest BCUT2D eigenvalue weighted by Crippen LogP contribution is 2.39. The van der Waals surface area contributed by atoms with Gasteiger partial charge in [0.15, 0.2) is 17.4 Å². The summed E-state index contributed by atoms with van der Waals surface area (Å²) in [4.78, 5) is 9.27. The number of hydrogen-bond acceptors (Lipinski definition) is 5. The van der Waals surface area contributed by atoms with Crippen molar-refractivity contribution in [3.63, 3.8) is 0 Å². The molecule has 0 radical (unpaired) electrons. The van der Waals surface area contributed by atoms with Crippen LogP contribution < -0.4 is 11.1 Å². The first-order valence-electron chi connectivity index (χ1n) is 7.42. The summed E-state index contributed by atoms with van der Waals surface area (Å²) in [6, 6.07) is 9.99. The number of nitrogens with two attached hydrogens (primary N) is 1. The topological polar surface area (TPSA) is 81.1 Å². The van der Waals surface area contributed by atoms with Crippen LogP contribution in [0.1, 0.15) is 32.1 Å². The van der Waals surface area contributed by atoms with E-state index in [1.54, 1.807) is 0 Å². The van der Waals surface area contributed by atoms with Crippen molar-refractivity contribution >= 4 is 11.9 Å². The van der Waals surface area contributed by atoms with Crippen molar-refractivity contribution in [1.29, 1.82) is 0 Å². The molecule has 0 bridgehead atoms. The maximum absolute atomic E-state index is 5.96. The summed E-state index contributed by atoms with van der Waals surface area (Å²) in [7, 11) is 0. The number of rotatable bonds is 1. The number of aliphatic imine (C=N–C) groups is 1. The average Bonchev–Trinajstić information content (AvgIpc) is 2.94. The van der Waals surface area contributed by atoms with Gasteiger partial charge in [-0.3, -0.25) is 5.32 Å². The van der Waals surface area contributed by atoms with Gasteiger partial charge in [0.1, 0.15) is 0 Å². The van der Waals surface area contributed by atoms with Crippen LogP contribution in [0, 0.1) is 0 Å². The third-order valence-corrected chi connectivity index (χ3v) is 4.26. The van der Waals surface area contributed by atoms with Crippen molar-refractivity contribution in [3.8, 4) is 11.4 Å². The maximum Gasteiger partial charge on any atom is 0.230 e. The third kappa shape index (κ3) is 1.98. The molecule has 0 amide bonds. The van der Waals surface area contributed by atoms with Crippen molar-refractivity contribution in [2.45, 2.75) is 37.8 Å². The molecule has 2 heterocycles. The molecule has 21 heavy (non-hydrogen) atoms. The second kappa shape index (κ2) is 4.58. The van der Waals surface area contributed by atoms with Crippen LogP contribution in [-0.2, 0) is 5.66 Å². The summed E-state index contributed by atoms with van der Waals surface area (Å²) < 4.78 is 1.94. The molecule has 108 valence electrons. The van der Waals surface area contributed by atoms with Crippen molar-refractivity contribution in [3.05, 3.63) is 30.3 Å². The molecule has 1 fully saturated rings.